The monoisotopic (exact) mass is 774 g/mol. The Morgan fingerprint density at radius 2 is 1.13 bits per heavy atom. The van der Waals surface area contributed by atoms with Crippen LogP contribution in [-0.4, -0.2) is 30.5 Å². The second-order valence-electron chi connectivity index (χ2n) is 17.7. The molecule has 0 aliphatic heterocycles. The van der Waals surface area contributed by atoms with E-state index in [2.05, 4.69) is 12.1 Å². The van der Waals surface area contributed by atoms with E-state index in [1.807, 2.05) is 0 Å². The van der Waals surface area contributed by atoms with Gasteiger partial charge in [0.25, 0.3) is 0 Å². The van der Waals surface area contributed by atoms with Gasteiger partial charge in [-0.2, -0.15) is 17.2 Å². The van der Waals surface area contributed by atoms with Gasteiger partial charge in [0.15, 0.2) is 16.5 Å². The van der Waals surface area contributed by atoms with E-state index in [9.17, 15) is 31.3 Å². The topological polar surface area (TPSA) is 107 Å². The summed E-state index contributed by atoms with van der Waals surface area (Å²) in [6.07, 6.45) is 19.3. The van der Waals surface area contributed by atoms with Gasteiger partial charge in [-0.15, -0.1) is 0 Å². The minimum absolute atomic E-state index is 0.0343. The molecule has 7 aliphatic rings. The quantitative estimate of drug-likeness (QED) is 0.0935. The fourth-order valence-corrected chi connectivity index (χ4v) is 12.6. The van der Waals surface area contributed by atoms with E-state index in [1.54, 1.807) is 0 Å². The molecule has 7 fully saturated rings. The highest BCUT2D eigenvalue weighted by atomic mass is 32.2. The van der Waals surface area contributed by atoms with Crippen LogP contribution in [0.1, 0.15) is 180 Å². The Bertz CT molecular complexity index is 1850. The maximum absolute atomic E-state index is 15.0. The molecule has 0 radical (unpaired) electrons. The van der Waals surface area contributed by atoms with Crippen LogP contribution in [0.2, 0.25) is 0 Å². The number of halogens is 4. The van der Waals surface area contributed by atoms with Crippen molar-refractivity contribution in [3.05, 3.63) is 57.7 Å². The molecule has 0 spiro atoms. The standard InChI is InChI=1S/C42H50F4O7S/c43-33-35(45)38(54(49,50)51)36(46)34(44)37(33)52-40(48)41-19-24-16-25(20-41)22-42(21-24,23-41)53-39(47)32-30(27-12-6-2-7-13-27)17-29(26-10-4-1-5-11-26)18-31(32)28-14-8-3-9-15-28/h17-18,24-28H,1-16,19-23H2,(H,49,50,51). The summed E-state index contributed by atoms with van der Waals surface area (Å²) in [6.45, 7) is 0. The zero-order valence-electron chi connectivity index (χ0n) is 30.7. The highest BCUT2D eigenvalue weighted by Crippen LogP contribution is 2.63. The smallest absolute Gasteiger partial charge is 0.339 e. The average molecular weight is 775 g/mol. The lowest BCUT2D eigenvalue weighted by molar-refractivity contribution is -0.190. The van der Waals surface area contributed by atoms with Crippen molar-refractivity contribution in [2.45, 2.75) is 163 Å². The molecule has 0 saturated heterocycles. The van der Waals surface area contributed by atoms with Gasteiger partial charge in [0.1, 0.15) is 5.60 Å². The van der Waals surface area contributed by atoms with Crippen LogP contribution in [-0.2, 0) is 19.6 Å². The molecule has 4 bridgehead atoms. The number of carbonyl (C=O) groups excluding carboxylic acids is 2. The highest BCUT2D eigenvalue weighted by Gasteiger charge is 2.63. The Morgan fingerprint density at radius 1 is 0.667 bits per heavy atom. The normalized spacial score (nSPS) is 29.4. The molecule has 7 saturated carbocycles. The van der Waals surface area contributed by atoms with Crippen molar-refractivity contribution >= 4 is 22.1 Å². The van der Waals surface area contributed by atoms with E-state index in [4.69, 9.17) is 9.47 Å². The van der Waals surface area contributed by atoms with E-state index in [1.165, 1.54) is 37.7 Å². The number of hydrogen-bond donors (Lipinski definition) is 1. The van der Waals surface area contributed by atoms with Crippen LogP contribution in [0.15, 0.2) is 17.0 Å². The summed E-state index contributed by atoms with van der Waals surface area (Å²) in [5, 5.41) is 0. The lowest BCUT2D eigenvalue weighted by atomic mass is 9.48. The van der Waals surface area contributed by atoms with Crippen LogP contribution < -0.4 is 4.74 Å². The van der Waals surface area contributed by atoms with Gasteiger partial charge in [-0.3, -0.25) is 9.35 Å². The lowest BCUT2D eigenvalue weighted by Gasteiger charge is -2.59. The Balaban J connectivity index is 1.14. The fourth-order valence-electron chi connectivity index (χ4n) is 12.0. The number of ether oxygens (including phenoxy) is 2. The first-order chi connectivity index (χ1) is 25.8. The SMILES string of the molecule is O=C(OC12CC3CC(C1)CC(C(=O)Oc1c(F)c(F)c(S(=O)(=O)O)c(F)c1F)(C3)C2)c1c(C2CCCCC2)cc(C2CCCCC2)cc1C1CCCCC1. The van der Waals surface area contributed by atoms with Crippen LogP contribution in [0, 0.1) is 40.5 Å². The van der Waals surface area contributed by atoms with Crippen LogP contribution in [0.5, 0.6) is 5.75 Å². The van der Waals surface area contributed by atoms with Crippen molar-refractivity contribution in [1.29, 1.82) is 0 Å². The molecule has 7 aliphatic carbocycles. The van der Waals surface area contributed by atoms with Crippen molar-refractivity contribution in [3.63, 3.8) is 0 Å². The maximum Gasteiger partial charge on any atom is 0.339 e. The number of rotatable bonds is 8. The molecule has 0 aromatic heterocycles. The predicted molar refractivity (Wildman–Crippen MR) is 191 cm³/mol. The number of carbonyl (C=O) groups is 2. The third kappa shape index (κ3) is 6.89. The van der Waals surface area contributed by atoms with Crippen molar-refractivity contribution < 1.29 is 49.6 Å². The second kappa shape index (κ2) is 14.5. The Morgan fingerprint density at radius 3 is 1.59 bits per heavy atom. The Labute approximate surface area is 314 Å². The Hall–Kier alpha value is -2.99. The highest BCUT2D eigenvalue weighted by molar-refractivity contribution is 7.85. The molecular weight excluding hydrogens is 725 g/mol. The summed E-state index contributed by atoms with van der Waals surface area (Å²) in [6, 6.07) is 4.64. The van der Waals surface area contributed by atoms with E-state index < -0.39 is 61.0 Å². The van der Waals surface area contributed by atoms with Crippen molar-refractivity contribution in [2.75, 3.05) is 0 Å². The van der Waals surface area contributed by atoms with Gasteiger partial charge in [0.05, 0.1) is 11.0 Å². The summed E-state index contributed by atoms with van der Waals surface area (Å²) in [4.78, 5) is 26.8. The van der Waals surface area contributed by atoms with Gasteiger partial charge >= 0.3 is 22.1 Å². The molecule has 0 heterocycles. The summed E-state index contributed by atoms with van der Waals surface area (Å²) >= 11 is 0. The third-order valence-corrected chi connectivity index (χ3v) is 14.9. The van der Waals surface area contributed by atoms with E-state index in [0.717, 1.165) is 81.8 Å². The van der Waals surface area contributed by atoms with Gasteiger partial charge in [-0.25, -0.2) is 13.6 Å². The largest absolute Gasteiger partial charge is 0.455 e. The molecule has 9 rings (SSSR count). The Kier molecular flexibility index (Phi) is 10.2. The molecule has 54 heavy (non-hydrogen) atoms. The molecule has 2 aromatic rings. The van der Waals surface area contributed by atoms with Gasteiger partial charge in [-0.05, 0) is 117 Å². The lowest BCUT2D eigenvalue weighted by Crippen LogP contribution is -2.60. The van der Waals surface area contributed by atoms with Crippen molar-refractivity contribution in [1.82, 2.24) is 0 Å². The molecule has 0 amide bonds. The second-order valence-corrected chi connectivity index (χ2v) is 19.0. The zero-order chi connectivity index (χ0) is 38.0. The summed E-state index contributed by atoms with van der Waals surface area (Å²) in [5.41, 5.74) is 1.85. The minimum Gasteiger partial charge on any atom is -0.455 e. The molecule has 1 N–H and O–H groups in total. The molecule has 2 aromatic carbocycles. The summed E-state index contributed by atoms with van der Waals surface area (Å²) in [7, 11) is -5.68. The van der Waals surface area contributed by atoms with Crippen LogP contribution in [0.4, 0.5) is 17.6 Å². The summed E-state index contributed by atoms with van der Waals surface area (Å²) in [5.74, 6) is -11.6. The maximum atomic E-state index is 15.0. The first-order valence-electron chi connectivity index (χ1n) is 20.2. The predicted octanol–water partition coefficient (Wildman–Crippen LogP) is 10.7. The molecule has 7 nitrogen and oxygen atoms in total. The fraction of sp³-hybridized carbons (Fsp3) is 0.667. The number of benzene rings is 2. The van der Waals surface area contributed by atoms with Crippen molar-refractivity contribution in [3.8, 4) is 5.75 Å². The molecule has 12 heteroatoms. The van der Waals surface area contributed by atoms with Gasteiger partial charge in [0, 0.05) is 6.42 Å². The minimum atomic E-state index is -5.68. The van der Waals surface area contributed by atoms with E-state index in [-0.39, 0.29) is 48.9 Å². The molecule has 2 atom stereocenters. The zero-order valence-corrected chi connectivity index (χ0v) is 31.5. The number of esters is 2. The van der Waals surface area contributed by atoms with Gasteiger partial charge in [-0.1, -0.05) is 69.9 Å². The average Bonchev–Trinajstić information content (AvgIpc) is 3.15. The van der Waals surface area contributed by atoms with Crippen LogP contribution in [0.25, 0.3) is 0 Å². The number of hydrogen-bond acceptors (Lipinski definition) is 6. The first-order valence-corrected chi connectivity index (χ1v) is 21.7. The molecule has 294 valence electrons. The summed E-state index contributed by atoms with van der Waals surface area (Å²) < 4.78 is 103. The van der Waals surface area contributed by atoms with Gasteiger partial charge < -0.3 is 9.47 Å². The molecular formula is C42H50F4O7S. The van der Waals surface area contributed by atoms with E-state index in [0.29, 0.717) is 24.3 Å². The molecule has 2 unspecified atom stereocenters. The van der Waals surface area contributed by atoms with Crippen LogP contribution in [0.3, 0.4) is 0 Å². The first kappa shape index (κ1) is 37.9. The van der Waals surface area contributed by atoms with Crippen LogP contribution >= 0.6 is 0 Å². The van der Waals surface area contributed by atoms with Crippen molar-refractivity contribution in [2.24, 2.45) is 17.3 Å². The van der Waals surface area contributed by atoms with Gasteiger partial charge in [0.2, 0.25) is 17.4 Å². The third-order valence-electron chi connectivity index (χ3n) is 14.0. The van der Waals surface area contributed by atoms with E-state index >= 15 is 8.78 Å².